The second-order valence-corrected chi connectivity index (χ2v) is 25.5. The van der Waals surface area contributed by atoms with Gasteiger partial charge in [0.25, 0.3) is 10.0 Å². The second-order valence-electron chi connectivity index (χ2n) is 20.9. The first kappa shape index (κ1) is 67.9. The zero-order valence-electron chi connectivity index (χ0n) is 47.7. The van der Waals surface area contributed by atoms with Crippen molar-refractivity contribution in [2.45, 2.75) is 140 Å². The van der Waals surface area contributed by atoms with Crippen LogP contribution in [0.4, 0.5) is 11.4 Å². The van der Waals surface area contributed by atoms with Crippen molar-refractivity contribution in [3.05, 3.63) is 48.5 Å². The maximum absolute atomic E-state index is 12.6. The molecular formula is C54H87ClN16O4S5. The molecule has 4 aliphatic heterocycles. The highest BCUT2D eigenvalue weighted by molar-refractivity contribution is 8.13. The lowest BCUT2D eigenvalue weighted by Gasteiger charge is -2.23. The Morgan fingerprint density at radius 3 is 1.46 bits per heavy atom. The minimum atomic E-state index is -3.72. The van der Waals surface area contributed by atoms with E-state index in [4.69, 9.17) is 28.8 Å². The van der Waals surface area contributed by atoms with Gasteiger partial charge in [-0.3, -0.25) is 9.98 Å². The molecule has 4 saturated carbocycles. The molecule has 444 valence electrons. The number of amidine groups is 1. The lowest BCUT2D eigenvalue weighted by atomic mass is 9.88. The largest absolute Gasteiger partial charge is 0.399 e. The maximum atomic E-state index is 12.6. The Labute approximate surface area is 497 Å². The summed E-state index contributed by atoms with van der Waals surface area (Å²) < 4.78 is 49.1. The van der Waals surface area contributed by atoms with Gasteiger partial charge < -0.3 is 16.8 Å². The molecule has 2 aromatic carbocycles. The van der Waals surface area contributed by atoms with Crippen molar-refractivity contribution in [2.24, 2.45) is 67.3 Å². The Kier molecular flexibility index (Phi) is 28.4. The fourth-order valence-electron chi connectivity index (χ4n) is 10.6. The molecule has 0 atom stereocenters. The Hall–Kier alpha value is -4.62. The van der Waals surface area contributed by atoms with E-state index in [2.05, 4.69) is 117 Å². The van der Waals surface area contributed by atoms with Crippen molar-refractivity contribution in [1.29, 1.82) is 0 Å². The molecule has 0 bridgehead atoms. The lowest BCUT2D eigenvalue weighted by molar-refractivity contribution is 0.342. The minimum absolute atomic E-state index is 0.0706. The summed E-state index contributed by atoms with van der Waals surface area (Å²) in [6.45, 7) is 15.6. The molecule has 0 unspecified atom stereocenters. The number of aliphatic imine (C=N–C) groups is 3. The SMILES string of the molecule is C1CCC2(C1)CN=NC2.CCN=C(NS(=O)(=O)c1ccc(N)cc1)N1CC2(C=N1)CCCC2.CCN=C(SC)N1CC2(C=N1)CCCC2.CCN=C=S.CCNC(=S)N1CC2(C=N1)CCCC2.CCl.Nc1ccc(S(N)(=O)=O)cc1. The van der Waals surface area contributed by atoms with Gasteiger partial charge in [0.1, 0.15) is 0 Å². The third-order valence-corrected chi connectivity index (χ3v) is 18.3. The third-order valence-electron chi connectivity index (χ3n) is 14.8. The van der Waals surface area contributed by atoms with Gasteiger partial charge in [-0.2, -0.15) is 25.5 Å². The Bertz CT molecular complexity index is 2690. The molecule has 0 amide bonds. The highest BCUT2D eigenvalue weighted by Crippen LogP contribution is 2.43. The number of guanidine groups is 1. The number of nitrogens with zero attached hydrogens (tertiary/aromatic N) is 11. The summed E-state index contributed by atoms with van der Waals surface area (Å²) >= 11 is 15.8. The average molecular weight is 1220 g/mol. The van der Waals surface area contributed by atoms with E-state index in [-0.39, 0.29) is 21.2 Å². The number of halogens is 1. The lowest BCUT2D eigenvalue weighted by Crippen LogP contribution is -2.42. The van der Waals surface area contributed by atoms with Gasteiger partial charge in [0.15, 0.2) is 10.3 Å². The molecule has 80 heavy (non-hydrogen) atoms. The van der Waals surface area contributed by atoms with Crippen LogP contribution in [-0.4, -0.2) is 143 Å². The Morgan fingerprint density at radius 1 is 0.650 bits per heavy atom. The predicted octanol–water partition coefficient (Wildman–Crippen LogP) is 10.0. The minimum Gasteiger partial charge on any atom is -0.399 e. The van der Waals surface area contributed by atoms with Crippen LogP contribution in [0.3, 0.4) is 0 Å². The van der Waals surface area contributed by atoms with Gasteiger partial charge >= 0.3 is 0 Å². The van der Waals surface area contributed by atoms with Crippen LogP contribution in [0.25, 0.3) is 0 Å². The van der Waals surface area contributed by atoms with Gasteiger partial charge in [-0.15, -0.1) is 11.6 Å². The number of isothiocyanates is 1. The molecule has 8 aliphatic rings. The van der Waals surface area contributed by atoms with Crippen molar-refractivity contribution in [1.82, 2.24) is 25.1 Å². The molecule has 0 radical (unpaired) electrons. The van der Waals surface area contributed by atoms with E-state index in [9.17, 15) is 16.8 Å². The molecular weight excluding hydrogens is 1130 g/mol. The highest BCUT2D eigenvalue weighted by Gasteiger charge is 2.42. The summed E-state index contributed by atoms with van der Waals surface area (Å²) in [4.78, 5) is 12.5. The van der Waals surface area contributed by atoms with Gasteiger partial charge in [0, 0.05) is 84.2 Å². The summed E-state index contributed by atoms with van der Waals surface area (Å²) in [6.07, 6.45) is 30.5. The van der Waals surface area contributed by atoms with Crippen molar-refractivity contribution >= 4 is 119 Å². The summed E-state index contributed by atoms with van der Waals surface area (Å²) in [5, 5.41) is 39.1. The fraction of sp³-hybridized carbons (Fsp3) is 0.648. The van der Waals surface area contributed by atoms with E-state index in [1.807, 2.05) is 25.1 Å². The number of hydrogen-bond acceptors (Lipinski definition) is 17. The molecule has 4 heterocycles. The molecule has 26 heteroatoms. The van der Waals surface area contributed by atoms with Crippen LogP contribution in [0.15, 0.2) is 98.8 Å². The van der Waals surface area contributed by atoms with Crippen molar-refractivity contribution < 1.29 is 16.8 Å². The van der Waals surface area contributed by atoms with Crippen LogP contribution in [0.2, 0.25) is 0 Å². The Balaban J connectivity index is 0.000000216. The third kappa shape index (κ3) is 21.0. The molecule has 4 fully saturated rings. The van der Waals surface area contributed by atoms with Gasteiger partial charge in [0.05, 0.1) is 47.7 Å². The molecule has 2 aromatic rings. The van der Waals surface area contributed by atoms with Gasteiger partial charge in [-0.1, -0.05) is 63.1 Å². The first-order valence-corrected chi connectivity index (χ1v) is 33.6. The number of benzene rings is 2. The summed E-state index contributed by atoms with van der Waals surface area (Å²) in [6, 6.07) is 11.8. The Morgan fingerprint density at radius 2 is 1.06 bits per heavy atom. The number of rotatable bonds is 7. The number of thioether (sulfide) groups is 1. The van der Waals surface area contributed by atoms with Crippen LogP contribution in [0.5, 0.6) is 0 Å². The number of hydrazone groups is 3. The van der Waals surface area contributed by atoms with Crippen molar-refractivity contribution in [3.8, 4) is 0 Å². The number of nitrogens with one attached hydrogen (secondary N) is 2. The molecule has 20 nitrogen and oxygen atoms in total. The first-order chi connectivity index (χ1) is 38.3. The van der Waals surface area contributed by atoms with Crippen molar-refractivity contribution in [2.75, 3.05) is 83.0 Å². The summed E-state index contributed by atoms with van der Waals surface area (Å²) in [7, 11) is -7.30. The zero-order valence-corrected chi connectivity index (χ0v) is 52.6. The molecule has 0 aromatic heterocycles. The zero-order chi connectivity index (χ0) is 58.7. The number of thiocarbonyl (C=S) groups is 2. The van der Waals surface area contributed by atoms with Gasteiger partial charge in [0.2, 0.25) is 16.0 Å². The molecule has 0 saturated heterocycles. The van der Waals surface area contributed by atoms with E-state index < -0.39 is 20.0 Å². The predicted molar refractivity (Wildman–Crippen MR) is 340 cm³/mol. The smallest absolute Gasteiger partial charge is 0.264 e. The maximum Gasteiger partial charge on any atom is 0.264 e. The number of hydrogen-bond donors (Lipinski definition) is 5. The van der Waals surface area contributed by atoms with E-state index in [1.165, 1.54) is 133 Å². The second kappa shape index (κ2) is 33.5. The number of primary sulfonamides is 1. The fourth-order valence-corrected chi connectivity index (χ4v) is 13.1. The molecule has 8 N–H and O–H groups in total. The van der Waals surface area contributed by atoms with Crippen LogP contribution >= 0.6 is 47.8 Å². The van der Waals surface area contributed by atoms with Crippen molar-refractivity contribution in [3.63, 3.8) is 0 Å². The number of nitrogens with two attached hydrogens (primary N) is 3. The number of alkyl halides is 1. The highest BCUT2D eigenvalue weighted by atomic mass is 35.5. The topological polar surface area (TPSA) is 279 Å². The summed E-state index contributed by atoms with van der Waals surface area (Å²) in [5.74, 6) is 0.273. The number of sulfonamides is 2. The van der Waals surface area contributed by atoms with Crippen LogP contribution in [-0.2, 0) is 20.0 Å². The molecule has 10 rings (SSSR count). The normalized spacial score (nSPS) is 20.1. The van der Waals surface area contributed by atoms with Crippen LogP contribution in [0.1, 0.15) is 130 Å². The molecule has 4 aliphatic carbocycles. The van der Waals surface area contributed by atoms with E-state index in [1.54, 1.807) is 28.9 Å². The number of azo groups is 1. The monoisotopic (exact) mass is 1220 g/mol. The average Bonchev–Trinajstić information content (AvgIpc) is 4.33. The van der Waals surface area contributed by atoms with E-state index >= 15 is 0 Å². The van der Waals surface area contributed by atoms with Gasteiger partial charge in [-0.25, -0.2) is 46.7 Å². The molecule has 4 spiro atoms. The van der Waals surface area contributed by atoms with Crippen LogP contribution < -0.4 is 26.6 Å². The standard InChI is InChI=1S/C16H23N5O2S.C11H19N3S.C10H17N3S.C7H12N2.C6H8N2O2S.C3H5NS.CH3Cl/c1-2-18-15(21-12-16(11-19-21)9-3-4-10-16)20-24(22,23)14-7-5-13(17)6-8-14;1-3-12-10(15-2)14-9-11(8-13-14)6-4-5-7-11;1-2-11-9(14)13-8-10(7-12-13)5-3-4-6-10;1-2-4-7(3-1)5-8-9-6-7;7-5-1-3-6(4-2-5)11(8,9)10;1-2-4-3-5;1-2/h5-8,11H,2-4,9-10,12,17H2,1H3,(H,18,20);8H,3-7,9H2,1-2H3;7H,2-6,8H2,1H3,(H,11,14);1-6H2;1-4H,7H2,(H2,8,9,10);2H2,1H3;1H3. The van der Waals surface area contributed by atoms with Crippen LogP contribution in [0, 0.1) is 21.7 Å². The quantitative estimate of drug-likeness (QED) is 0.0568. The number of nitrogen functional groups attached to an aromatic ring is 2. The number of anilines is 2. The summed E-state index contributed by atoms with van der Waals surface area (Å²) in [5.41, 5.74) is 13.3. The van der Waals surface area contributed by atoms with E-state index in [0.717, 1.165) is 68.9 Å². The first-order valence-electron chi connectivity index (χ1n) is 27.7. The van der Waals surface area contributed by atoms with E-state index in [0.29, 0.717) is 40.7 Å². The van der Waals surface area contributed by atoms with Gasteiger partial charge in [-0.05, 0) is 158 Å².